The quantitative estimate of drug-likeness (QED) is 0.205. The summed E-state index contributed by atoms with van der Waals surface area (Å²) < 4.78 is 15.6. The van der Waals surface area contributed by atoms with Crippen LogP contribution >= 0.6 is 0 Å². The molecule has 2 aromatic rings. The first-order valence-corrected chi connectivity index (χ1v) is 14.4. The normalized spacial score (nSPS) is 16.8. The van der Waals surface area contributed by atoms with Gasteiger partial charge in [-0.2, -0.15) is 0 Å². The molecule has 0 bridgehead atoms. The molecule has 0 amide bonds. The van der Waals surface area contributed by atoms with E-state index in [1.54, 1.807) is 13.0 Å². The third kappa shape index (κ3) is 11.9. The van der Waals surface area contributed by atoms with Gasteiger partial charge >= 0.3 is 5.97 Å². The molecule has 6 nitrogen and oxygen atoms in total. The lowest BCUT2D eigenvalue weighted by atomic mass is 9.77. The summed E-state index contributed by atoms with van der Waals surface area (Å²) in [5.74, 6) is 2.72. The molecule has 3 rings (SSSR count). The van der Waals surface area contributed by atoms with E-state index in [-0.39, 0.29) is 32.4 Å². The molecule has 0 saturated heterocycles. The molecule has 0 unspecified atom stereocenters. The zero-order valence-electron chi connectivity index (χ0n) is 23.6. The summed E-state index contributed by atoms with van der Waals surface area (Å²) in [6.45, 7) is 6.34. The van der Waals surface area contributed by atoms with Crippen molar-refractivity contribution in [3.8, 4) is 22.6 Å². The molecule has 0 heterocycles. The van der Waals surface area contributed by atoms with Gasteiger partial charge in [0.1, 0.15) is 24.7 Å². The Morgan fingerprint density at radius 1 is 0.816 bits per heavy atom. The Morgan fingerprint density at radius 2 is 1.42 bits per heavy atom. The molecule has 2 aromatic carbocycles. The highest BCUT2D eigenvalue weighted by atomic mass is 16.5. The number of esters is 1. The Labute approximate surface area is 229 Å². The van der Waals surface area contributed by atoms with E-state index in [1.807, 2.05) is 12.1 Å². The van der Waals surface area contributed by atoms with E-state index >= 15 is 0 Å². The Kier molecular flexibility index (Phi) is 15.5. The van der Waals surface area contributed by atoms with E-state index in [4.69, 9.17) is 19.7 Å². The second kappa shape index (κ2) is 18.6. The van der Waals surface area contributed by atoms with Gasteiger partial charge in [-0.25, -0.2) is 0 Å². The first-order chi connectivity index (χ1) is 18.5. The van der Waals surface area contributed by atoms with Crippen LogP contribution in [0.3, 0.4) is 0 Å². The minimum atomic E-state index is -0.211. The molecule has 1 fully saturated rings. The van der Waals surface area contributed by atoms with Gasteiger partial charge in [-0.15, -0.1) is 0 Å². The molecule has 0 atom stereocenters. The van der Waals surface area contributed by atoms with Gasteiger partial charge in [0.05, 0.1) is 19.8 Å². The van der Waals surface area contributed by atoms with E-state index in [1.165, 1.54) is 70.3 Å². The van der Waals surface area contributed by atoms with Crippen molar-refractivity contribution in [2.75, 3.05) is 33.0 Å². The van der Waals surface area contributed by atoms with Crippen molar-refractivity contribution in [1.82, 2.24) is 0 Å². The fourth-order valence-electron chi connectivity index (χ4n) is 5.03. The number of rotatable bonds is 14. The van der Waals surface area contributed by atoms with E-state index in [0.29, 0.717) is 24.0 Å². The first-order valence-electron chi connectivity index (χ1n) is 14.4. The van der Waals surface area contributed by atoms with Crippen LogP contribution in [-0.2, 0) is 9.53 Å². The summed E-state index contributed by atoms with van der Waals surface area (Å²) in [5.41, 5.74) is 3.57. The third-order valence-corrected chi connectivity index (χ3v) is 6.98. The SMILES string of the molecule is CCCCCCC1CCC(c2ccc(-c3cc(OCCO)cc(OCCO)c3)cc2)CC1.CCOC(C)=O. The molecule has 0 spiro atoms. The lowest BCUT2D eigenvalue weighted by Gasteiger charge is -2.29. The smallest absolute Gasteiger partial charge is 0.302 e. The minimum absolute atomic E-state index is 0.0350. The van der Waals surface area contributed by atoms with Gasteiger partial charge in [0, 0.05) is 13.0 Å². The van der Waals surface area contributed by atoms with Gasteiger partial charge in [0.25, 0.3) is 0 Å². The van der Waals surface area contributed by atoms with Gasteiger partial charge < -0.3 is 24.4 Å². The highest BCUT2D eigenvalue weighted by Crippen LogP contribution is 2.38. The van der Waals surface area contributed by atoms with Crippen molar-refractivity contribution in [2.45, 2.75) is 84.5 Å². The highest BCUT2D eigenvalue weighted by molar-refractivity contribution is 5.67. The standard InChI is InChI=1S/C28H40O4.C4H8O2/c1-2-3-4-5-6-22-7-9-23(10-8-22)24-11-13-25(14-12-24)26-19-27(31-17-15-29)21-28(20-26)32-18-16-30;1-3-6-4(2)5/h11-14,19-23,29-30H,2-10,15-18H2,1H3;3H2,1-2H3. The summed E-state index contributed by atoms with van der Waals surface area (Å²) in [6.07, 6.45) is 12.3. The number of carbonyl (C=O) groups is 1. The second-order valence-corrected chi connectivity index (χ2v) is 9.95. The molecule has 0 radical (unpaired) electrons. The van der Waals surface area contributed by atoms with Crippen LogP contribution in [0, 0.1) is 5.92 Å². The van der Waals surface area contributed by atoms with Gasteiger partial charge in [0.15, 0.2) is 0 Å². The van der Waals surface area contributed by atoms with E-state index in [0.717, 1.165) is 17.0 Å². The van der Waals surface area contributed by atoms with E-state index < -0.39 is 0 Å². The molecule has 212 valence electrons. The van der Waals surface area contributed by atoms with Crippen LogP contribution in [0.1, 0.15) is 90.0 Å². The fourth-order valence-corrected chi connectivity index (χ4v) is 5.03. The number of benzene rings is 2. The zero-order chi connectivity index (χ0) is 27.6. The predicted octanol–water partition coefficient (Wildman–Crippen LogP) is 6.91. The van der Waals surface area contributed by atoms with Crippen LogP contribution in [-0.4, -0.2) is 49.2 Å². The monoisotopic (exact) mass is 528 g/mol. The van der Waals surface area contributed by atoms with Crippen molar-refractivity contribution in [3.63, 3.8) is 0 Å². The maximum Gasteiger partial charge on any atom is 0.302 e. The summed E-state index contributed by atoms with van der Waals surface area (Å²) in [6, 6.07) is 14.7. The number of hydrogen-bond donors (Lipinski definition) is 2. The van der Waals surface area contributed by atoms with Crippen LogP contribution < -0.4 is 9.47 Å². The third-order valence-electron chi connectivity index (χ3n) is 6.98. The summed E-state index contributed by atoms with van der Waals surface area (Å²) >= 11 is 0. The number of unbranched alkanes of at least 4 members (excludes halogenated alkanes) is 3. The Bertz CT molecular complexity index is 876. The molecule has 38 heavy (non-hydrogen) atoms. The first kappa shape index (κ1) is 31.6. The predicted molar refractivity (Wildman–Crippen MR) is 153 cm³/mol. The Balaban J connectivity index is 0.000000757. The lowest BCUT2D eigenvalue weighted by molar-refractivity contribution is -0.140. The molecule has 1 aliphatic carbocycles. The van der Waals surface area contributed by atoms with Crippen molar-refractivity contribution in [2.24, 2.45) is 5.92 Å². The molecule has 0 aliphatic heterocycles. The Hall–Kier alpha value is -2.57. The molecular weight excluding hydrogens is 480 g/mol. The van der Waals surface area contributed by atoms with Crippen molar-refractivity contribution < 1.29 is 29.2 Å². The Morgan fingerprint density at radius 3 is 1.89 bits per heavy atom. The molecular formula is C32H48O6. The summed E-state index contributed by atoms with van der Waals surface area (Å²) in [7, 11) is 0. The maximum atomic E-state index is 9.82. The fraction of sp³-hybridized carbons (Fsp3) is 0.594. The van der Waals surface area contributed by atoms with Crippen LogP contribution in [0.15, 0.2) is 42.5 Å². The zero-order valence-corrected chi connectivity index (χ0v) is 23.6. The van der Waals surface area contributed by atoms with Crippen LogP contribution in [0.4, 0.5) is 0 Å². The number of aliphatic hydroxyl groups excluding tert-OH is 2. The largest absolute Gasteiger partial charge is 0.491 e. The minimum Gasteiger partial charge on any atom is -0.491 e. The van der Waals surface area contributed by atoms with Gasteiger partial charge in [-0.05, 0) is 73.3 Å². The van der Waals surface area contributed by atoms with Crippen molar-refractivity contribution >= 4 is 5.97 Å². The molecule has 1 aliphatic rings. The van der Waals surface area contributed by atoms with E-state index in [9.17, 15) is 4.79 Å². The second-order valence-electron chi connectivity index (χ2n) is 9.95. The highest BCUT2D eigenvalue weighted by Gasteiger charge is 2.22. The average molecular weight is 529 g/mol. The average Bonchev–Trinajstić information content (AvgIpc) is 2.94. The van der Waals surface area contributed by atoms with E-state index in [2.05, 4.69) is 35.9 Å². The topological polar surface area (TPSA) is 85.2 Å². The number of hydrogen-bond acceptors (Lipinski definition) is 6. The van der Waals surface area contributed by atoms with Crippen LogP contribution in [0.25, 0.3) is 11.1 Å². The summed E-state index contributed by atoms with van der Waals surface area (Å²) in [5, 5.41) is 18.1. The van der Waals surface area contributed by atoms with Crippen LogP contribution in [0.2, 0.25) is 0 Å². The van der Waals surface area contributed by atoms with Gasteiger partial charge in [0.2, 0.25) is 0 Å². The van der Waals surface area contributed by atoms with Gasteiger partial charge in [-0.1, -0.05) is 63.3 Å². The number of aliphatic hydroxyl groups is 2. The maximum absolute atomic E-state index is 9.82. The molecule has 6 heteroatoms. The molecule has 2 N–H and O–H groups in total. The summed E-state index contributed by atoms with van der Waals surface area (Å²) in [4.78, 5) is 9.82. The number of ether oxygens (including phenoxy) is 3. The molecule has 0 aromatic heterocycles. The van der Waals surface area contributed by atoms with Crippen molar-refractivity contribution in [1.29, 1.82) is 0 Å². The molecule has 1 saturated carbocycles. The van der Waals surface area contributed by atoms with Gasteiger partial charge in [-0.3, -0.25) is 4.79 Å². The van der Waals surface area contributed by atoms with Crippen molar-refractivity contribution in [3.05, 3.63) is 48.0 Å². The van der Waals surface area contributed by atoms with Crippen LogP contribution in [0.5, 0.6) is 11.5 Å². The lowest BCUT2D eigenvalue weighted by Crippen LogP contribution is -2.13. The number of carbonyl (C=O) groups excluding carboxylic acids is 1.